The minimum absolute atomic E-state index is 0.108. The van der Waals surface area contributed by atoms with Crippen LogP contribution in [-0.2, 0) is 0 Å². The molecule has 10 heteroatoms. The molecule has 0 radical (unpaired) electrons. The van der Waals surface area contributed by atoms with Gasteiger partial charge in [-0.2, -0.15) is 36.9 Å². The summed E-state index contributed by atoms with van der Waals surface area (Å²) in [5.41, 5.74) is -4.86. The van der Waals surface area contributed by atoms with Gasteiger partial charge in [-0.05, 0) is 29.8 Å². The highest BCUT2D eigenvalue weighted by Crippen LogP contribution is 2.53. The minimum Gasteiger partial charge on any atom is -0.192 e. The van der Waals surface area contributed by atoms with E-state index < -0.39 is 39.9 Å². The molecule has 1 aromatic rings. The van der Waals surface area contributed by atoms with Crippen LogP contribution in [0, 0.1) is 22.7 Å². The maximum Gasteiger partial charge on any atom is 0.415 e. The van der Waals surface area contributed by atoms with Crippen LogP contribution >= 0.6 is 21.0 Å². The van der Waals surface area contributed by atoms with Gasteiger partial charge in [0.05, 0.1) is 27.5 Å². The average molecular weight is 434 g/mol. The summed E-state index contributed by atoms with van der Waals surface area (Å²) in [7, 11) is 2.60. The lowest BCUT2D eigenvalue weighted by Crippen LogP contribution is -2.27. The van der Waals surface area contributed by atoms with Crippen molar-refractivity contribution >= 4 is 21.0 Å². The molecule has 148 valence electrons. The Kier molecular flexibility index (Phi) is 6.53. The van der Waals surface area contributed by atoms with Crippen molar-refractivity contribution in [2.45, 2.75) is 41.5 Å². The van der Waals surface area contributed by atoms with Crippen molar-refractivity contribution in [3.63, 3.8) is 0 Å². The zero-order valence-electron chi connectivity index (χ0n) is 14.3. The Bertz CT molecular complexity index is 852. The molecule has 0 aliphatic heterocycles. The van der Waals surface area contributed by atoms with Gasteiger partial charge >= 0.3 is 12.4 Å². The minimum atomic E-state index is -5.19. The summed E-state index contributed by atoms with van der Waals surface area (Å²) in [6.07, 6.45) is -9.59. The molecule has 2 nitrogen and oxygen atoms in total. The molecule has 2 rings (SSSR count). The van der Waals surface area contributed by atoms with Crippen molar-refractivity contribution in [3.05, 3.63) is 52.1 Å². The van der Waals surface area contributed by atoms with Gasteiger partial charge in [-0.25, -0.2) is 0 Å². The molecule has 0 saturated carbocycles. The predicted molar refractivity (Wildman–Crippen MR) is 96.2 cm³/mol. The second-order valence-corrected chi connectivity index (χ2v) is 7.86. The fourth-order valence-corrected chi connectivity index (χ4v) is 4.30. The number of rotatable bonds is 4. The highest BCUT2D eigenvalue weighted by atomic mass is 32.2. The third kappa shape index (κ3) is 4.37. The van der Waals surface area contributed by atoms with Crippen molar-refractivity contribution in [1.29, 1.82) is 10.5 Å². The van der Waals surface area contributed by atoms with E-state index in [9.17, 15) is 26.3 Å². The first-order valence-corrected chi connectivity index (χ1v) is 9.45. The SMILES string of the molecule is CCC(P)c1ccc(SC2C(C(F)(F)F)=C(C#N)C(C#N)=C2C(F)(F)F)cc1. The monoisotopic (exact) mass is 434 g/mol. The molecule has 2 atom stereocenters. The van der Waals surface area contributed by atoms with Gasteiger partial charge in [0.15, 0.2) is 0 Å². The summed E-state index contributed by atoms with van der Waals surface area (Å²) in [6.45, 7) is 1.94. The molecule has 28 heavy (non-hydrogen) atoms. The van der Waals surface area contributed by atoms with Crippen LogP contribution in [0.2, 0.25) is 0 Å². The van der Waals surface area contributed by atoms with Gasteiger partial charge in [-0.3, -0.25) is 0 Å². The number of benzene rings is 1. The number of halogens is 6. The molecule has 0 heterocycles. The van der Waals surface area contributed by atoms with E-state index in [0.717, 1.165) is 24.1 Å². The van der Waals surface area contributed by atoms with E-state index in [0.29, 0.717) is 11.8 Å². The Morgan fingerprint density at radius 3 is 1.71 bits per heavy atom. The first-order valence-electron chi connectivity index (χ1n) is 7.91. The highest BCUT2D eigenvalue weighted by Gasteiger charge is 2.55. The van der Waals surface area contributed by atoms with Gasteiger partial charge in [0.25, 0.3) is 0 Å². The topological polar surface area (TPSA) is 47.6 Å². The summed E-state index contributed by atoms with van der Waals surface area (Å²) in [5, 5.41) is 15.8. The Balaban J connectivity index is 2.57. The Hall–Kier alpha value is -1.96. The number of alkyl halides is 6. The van der Waals surface area contributed by atoms with Gasteiger partial charge < -0.3 is 0 Å². The van der Waals surface area contributed by atoms with Crippen LogP contribution in [0.1, 0.15) is 24.6 Å². The fraction of sp³-hybridized carbons (Fsp3) is 0.333. The fourth-order valence-electron chi connectivity index (χ4n) is 2.77. The molecule has 1 aliphatic rings. The largest absolute Gasteiger partial charge is 0.415 e. The molecule has 2 unspecified atom stereocenters. The second kappa shape index (κ2) is 8.19. The first-order chi connectivity index (χ1) is 13.0. The third-order valence-corrected chi connectivity index (χ3v) is 6.26. The Labute approximate surface area is 164 Å². The molecule has 0 fully saturated rings. The van der Waals surface area contributed by atoms with Crippen molar-refractivity contribution in [1.82, 2.24) is 0 Å². The highest BCUT2D eigenvalue weighted by molar-refractivity contribution is 8.00. The summed E-state index contributed by atoms with van der Waals surface area (Å²) >= 11 is 0.323. The number of hydrogen-bond acceptors (Lipinski definition) is 3. The van der Waals surface area contributed by atoms with E-state index in [-0.39, 0.29) is 10.6 Å². The zero-order valence-corrected chi connectivity index (χ0v) is 16.3. The molecule has 0 spiro atoms. The van der Waals surface area contributed by atoms with E-state index in [1.165, 1.54) is 12.1 Å². The Morgan fingerprint density at radius 1 is 0.964 bits per heavy atom. The maximum atomic E-state index is 13.5. The van der Waals surface area contributed by atoms with Crippen LogP contribution in [-0.4, -0.2) is 17.6 Å². The van der Waals surface area contributed by atoms with Gasteiger partial charge in [-0.1, -0.05) is 19.1 Å². The van der Waals surface area contributed by atoms with Crippen LogP contribution in [0.4, 0.5) is 26.3 Å². The second-order valence-electron chi connectivity index (χ2n) is 5.88. The molecular weight excluding hydrogens is 421 g/mol. The van der Waals surface area contributed by atoms with Crippen LogP contribution in [0.25, 0.3) is 0 Å². The molecule has 0 N–H and O–H groups in total. The van der Waals surface area contributed by atoms with Crippen molar-refractivity contribution in [2.75, 3.05) is 0 Å². The summed E-state index contributed by atoms with van der Waals surface area (Å²) in [5.74, 6) is 0. The van der Waals surface area contributed by atoms with Crippen LogP contribution in [0.5, 0.6) is 0 Å². The molecular formula is C18H13F6N2PS. The molecule has 1 aromatic carbocycles. The lowest BCUT2D eigenvalue weighted by Gasteiger charge is -2.22. The van der Waals surface area contributed by atoms with E-state index in [1.807, 2.05) is 6.92 Å². The summed E-state index contributed by atoms with van der Waals surface area (Å²) < 4.78 is 81.1. The lowest BCUT2D eigenvalue weighted by atomic mass is 10.1. The smallest absolute Gasteiger partial charge is 0.192 e. The van der Waals surface area contributed by atoms with Gasteiger partial charge in [-0.15, -0.1) is 21.0 Å². The van der Waals surface area contributed by atoms with Gasteiger partial charge in [0.2, 0.25) is 0 Å². The van der Waals surface area contributed by atoms with Gasteiger partial charge in [0, 0.05) is 4.90 Å². The lowest BCUT2D eigenvalue weighted by molar-refractivity contribution is -0.102. The molecule has 0 bridgehead atoms. The number of allylic oxidation sites excluding steroid dienone is 2. The van der Waals surface area contributed by atoms with E-state index in [1.54, 1.807) is 12.1 Å². The quantitative estimate of drug-likeness (QED) is 0.416. The van der Waals surface area contributed by atoms with Gasteiger partial charge in [0.1, 0.15) is 12.1 Å². The average Bonchev–Trinajstić information content (AvgIpc) is 2.95. The molecule has 0 amide bonds. The molecule has 1 aliphatic carbocycles. The van der Waals surface area contributed by atoms with E-state index >= 15 is 0 Å². The normalized spacial score (nSPS) is 16.9. The number of thioether (sulfide) groups is 1. The first kappa shape index (κ1) is 22.3. The van der Waals surface area contributed by atoms with Crippen molar-refractivity contribution in [3.8, 4) is 12.1 Å². The van der Waals surface area contributed by atoms with Crippen LogP contribution in [0.15, 0.2) is 51.5 Å². The molecule has 0 aromatic heterocycles. The third-order valence-electron chi connectivity index (χ3n) is 4.15. The number of hydrogen-bond donors (Lipinski definition) is 0. The molecule has 0 saturated heterocycles. The van der Waals surface area contributed by atoms with E-state index in [2.05, 4.69) is 9.24 Å². The predicted octanol–water partition coefficient (Wildman–Crippen LogP) is 6.25. The summed E-state index contributed by atoms with van der Waals surface area (Å²) in [6, 6.07) is 8.40. The Morgan fingerprint density at radius 2 is 1.39 bits per heavy atom. The van der Waals surface area contributed by atoms with E-state index in [4.69, 9.17) is 10.5 Å². The van der Waals surface area contributed by atoms with Crippen molar-refractivity contribution < 1.29 is 26.3 Å². The number of nitrogens with zero attached hydrogens (tertiary/aromatic N) is 2. The van der Waals surface area contributed by atoms with Crippen LogP contribution in [0.3, 0.4) is 0 Å². The van der Waals surface area contributed by atoms with Crippen LogP contribution < -0.4 is 0 Å². The zero-order chi connectivity index (χ0) is 21.3. The standard InChI is InChI=1S/C18H13F6N2PS/c1-2-13(27)9-3-5-10(6-4-9)28-16-14(17(19,20)21)11(7-25)12(8-26)15(16)18(22,23)24/h3-6,13,16H,2,27H2,1H3. The number of nitriles is 2. The maximum absolute atomic E-state index is 13.5. The summed E-state index contributed by atoms with van der Waals surface area (Å²) in [4.78, 5) is 0.169. The van der Waals surface area contributed by atoms with Crippen molar-refractivity contribution in [2.24, 2.45) is 0 Å².